The number of hydrogen-bond donors (Lipinski definition) is 1. The highest BCUT2D eigenvalue weighted by atomic mass is 16.7. The molecule has 6 nitrogen and oxygen atoms in total. The molecule has 8 atom stereocenters. The summed E-state index contributed by atoms with van der Waals surface area (Å²) in [6.45, 7) is 17.3. The van der Waals surface area contributed by atoms with Crippen molar-refractivity contribution in [3.05, 3.63) is 0 Å². The number of aliphatic hydroxyl groups is 1. The fourth-order valence-corrected chi connectivity index (χ4v) is 5.01. The molecule has 6 heteroatoms. The minimum absolute atomic E-state index is 0.178. The summed E-state index contributed by atoms with van der Waals surface area (Å²) in [7, 11) is 0. The molecule has 0 radical (unpaired) electrons. The van der Waals surface area contributed by atoms with Crippen LogP contribution < -0.4 is 0 Å². The molecule has 0 spiro atoms. The quantitative estimate of drug-likeness (QED) is 0.309. The van der Waals surface area contributed by atoms with Gasteiger partial charge < -0.3 is 28.8 Å². The van der Waals surface area contributed by atoms with E-state index in [-0.39, 0.29) is 35.9 Å². The lowest BCUT2D eigenvalue weighted by Gasteiger charge is -2.47. The number of rotatable bonds is 14. The van der Waals surface area contributed by atoms with Gasteiger partial charge in [0.1, 0.15) is 18.3 Å². The standard InChI is InChI=1S/C28H54O6/c1-8-11-16-30-24-20(4)33-27(26(32-18-13-10-3)25(24)31-17-12-9-2)34-23-15-14-21(19-22(23)29)28(5,6)7/h20-27,29H,8-19H2,1-7H3/t20?,21?,22?,23?,24-,25?,26?,27+/m1/s1. The molecule has 0 aromatic heterocycles. The van der Waals surface area contributed by atoms with E-state index in [1.807, 2.05) is 6.92 Å². The van der Waals surface area contributed by atoms with Gasteiger partial charge in [-0.3, -0.25) is 0 Å². The summed E-state index contributed by atoms with van der Waals surface area (Å²) in [5, 5.41) is 11.0. The van der Waals surface area contributed by atoms with Gasteiger partial charge in [0.25, 0.3) is 0 Å². The predicted octanol–water partition coefficient (Wildman–Crippen LogP) is 5.88. The number of aliphatic hydroxyl groups excluding tert-OH is 1. The van der Waals surface area contributed by atoms with Crippen molar-refractivity contribution in [3.8, 4) is 0 Å². The maximum atomic E-state index is 11.0. The maximum Gasteiger partial charge on any atom is 0.187 e. The fraction of sp³-hybridized carbons (Fsp3) is 1.00. The van der Waals surface area contributed by atoms with E-state index < -0.39 is 12.4 Å². The first-order valence-electron chi connectivity index (χ1n) is 14.1. The summed E-state index contributed by atoms with van der Waals surface area (Å²) in [6.07, 6.45) is 6.51. The molecule has 2 rings (SSSR count). The summed E-state index contributed by atoms with van der Waals surface area (Å²) >= 11 is 0. The Kier molecular flexibility index (Phi) is 13.3. The van der Waals surface area contributed by atoms with Crippen LogP contribution in [0.25, 0.3) is 0 Å². The Hall–Kier alpha value is -0.240. The van der Waals surface area contributed by atoms with Crippen molar-refractivity contribution < 1.29 is 28.8 Å². The number of ether oxygens (including phenoxy) is 5. The van der Waals surface area contributed by atoms with Crippen LogP contribution in [0.5, 0.6) is 0 Å². The Morgan fingerprint density at radius 1 is 0.794 bits per heavy atom. The van der Waals surface area contributed by atoms with Crippen LogP contribution in [0.1, 0.15) is 106 Å². The van der Waals surface area contributed by atoms with E-state index >= 15 is 0 Å². The summed E-state index contributed by atoms with van der Waals surface area (Å²) < 4.78 is 32.0. The zero-order valence-electron chi connectivity index (χ0n) is 23.1. The summed E-state index contributed by atoms with van der Waals surface area (Å²) in [5.41, 5.74) is 0.189. The molecule has 34 heavy (non-hydrogen) atoms. The molecule has 202 valence electrons. The van der Waals surface area contributed by atoms with Crippen molar-refractivity contribution in [2.75, 3.05) is 19.8 Å². The van der Waals surface area contributed by atoms with Crippen LogP contribution in [-0.2, 0) is 23.7 Å². The van der Waals surface area contributed by atoms with Gasteiger partial charge in [0.2, 0.25) is 0 Å². The van der Waals surface area contributed by atoms with Gasteiger partial charge in [0, 0.05) is 19.8 Å². The lowest BCUT2D eigenvalue weighted by Crippen LogP contribution is -2.61. The third-order valence-electron chi connectivity index (χ3n) is 7.44. The van der Waals surface area contributed by atoms with E-state index in [1.165, 1.54) is 0 Å². The Labute approximate surface area is 209 Å². The molecule has 0 aromatic carbocycles. The van der Waals surface area contributed by atoms with Crippen LogP contribution in [-0.4, -0.2) is 67.8 Å². The van der Waals surface area contributed by atoms with E-state index in [2.05, 4.69) is 41.5 Å². The van der Waals surface area contributed by atoms with Crippen LogP contribution >= 0.6 is 0 Å². The Morgan fingerprint density at radius 3 is 1.82 bits per heavy atom. The van der Waals surface area contributed by atoms with Crippen molar-refractivity contribution in [2.24, 2.45) is 11.3 Å². The molecule has 1 heterocycles. The van der Waals surface area contributed by atoms with Gasteiger partial charge in [-0.25, -0.2) is 0 Å². The van der Waals surface area contributed by atoms with Crippen molar-refractivity contribution in [3.63, 3.8) is 0 Å². The first-order chi connectivity index (χ1) is 16.2. The highest BCUT2D eigenvalue weighted by molar-refractivity contribution is 4.93. The SMILES string of the molecule is CCCCOC1C(OCCCC)[C@H](OCCCC)C(C)O[C@H]1OC1CCC(C(C)(C)C)CC1O. The minimum atomic E-state index is -0.574. The molecule has 1 aliphatic carbocycles. The molecular formula is C28H54O6. The van der Waals surface area contributed by atoms with Gasteiger partial charge >= 0.3 is 0 Å². The predicted molar refractivity (Wildman–Crippen MR) is 136 cm³/mol. The molecule has 2 aliphatic rings. The topological polar surface area (TPSA) is 66.4 Å². The van der Waals surface area contributed by atoms with Gasteiger partial charge in [-0.2, -0.15) is 0 Å². The molecule has 0 bridgehead atoms. The van der Waals surface area contributed by atoms with E-state index in [0.29, 0.717) is 25.7 Å². The molecule has 1 N–H and O–H groups in total. The van der Waals surface area contributed by atoms with Crippen molar-refractivity contribution >= 4 is 0 Å². The Balaban J connectivity index is 2.16. The molecule has 2 fully saturated rings. The fourth-order valence-electron chi connectivity index (χ4n) is 5.01. The summed E-state index contributed by atoms with van der Waals surface area (Å²) in [6, 6.07) is 0. The first kappa shape index (κ1) is 30.0. The smallest absolute Gasteiger partial charge is 0.187 e. The van der Waals surface area contributed by atoms with Crippen LogP contribution in [0.3, 0.4) is 0 Å². The number of hydrogen-bond acceptors (Lipinski definition) is 6. The zero-order chi connectivity index (χ0) is 25.1. The third kappa shape index (κ3) is 9.01. The first-order valence-corrected chi connectivity index (χ1v) is 14.1. The van der Waals surface area contributed by atoms with Crippen molar-refractivity contribution in [1.29, 1.82) is 0 Å². The molecule has 0 aromatic rings. The lowest BCUT2D eigenvalue weighted by molar-refractivity contribution is -0.331. The maximum absolute atomic E-state index is 11.0. The van der Waals surface area contributed by atoms with Crippen LogP contribution in [0, 0.1) is 11.3 Å². The highest BCUT2D eigenvalue weighted by Crippen LogP contribution is 2.40. The van der Waals surface area contributed by atoms with Gasteiger partial charge in [0.15, 0.2) is 6.29 Å². The molecule has 1 saturated carbocycles. The summed E-state index contributed by atoms with van der Waals surface area (Å²) in [4.78, 5) is 0. The van der Waals surface area contributed by atoms with E-state index in [9.17, 15) is 5.11 Å². The normalized spacial score (nSPS) is 34.9. The Bertz CT molecular complexity index is 535. The second-order valence-electron chi connectivity index (χ2n) is 11.4. The Morgan fingerprint density at radius 2 is 1.32 bits per heavy atom. The van der Waals surface area contributed by atoms with E-state index in [0.717, 1.165) is 57.8 Å². The van der Waals surface area contributed by atoms with Crippen molar-refractivity contribution in [2.45, 2.75) is 149 Å². The minimum Gasteiger partial charge on any atom is -0.390 e. The second-order valence-corrected chi connectivity index (χ2v) is 11.4. The second kappa shape index (κ2) is 15.1. The highest BCUT2D eigenvalue weighted by Gasteiger charge is 2.49. The largest absolute Gasteiger partial charge is 0.390 e. The van der Waals surface area contributed by atoms with Gasteiger partial charge in [-0.05, 0) is 56.8 Å². The van der Waals surface area contributed by atoms with Crippen LogP contribution in [0.4, 0.5) is 0 Å². The molecule has 0 amide bonds. The molecular weight excluding hydrogens is 432 g/mol. The van der Waals surface area contributed by atoms with Gasteiger partial charge in [0.05, 0.1) is 18.3 Å². The van der Waals surface area contributed by atoms with Crippen LogP contribution in [0.15, 0.2) is 0 Å². The monoisotopic (exact) mass is 486 g/mol. The molecule has 1 saturated heterocycles. The average Bonchev–Trinajstić information content (AvgIpc) is 2.78. The van der Waals surface area contributed by atoms with Crippen LogP contribution in [0.2, 0.25) is 0 Å². The van der Waals surface area contributed by atoms with Crippen molar-refractivity contribution in [1.82, 2.24) is 0 Å². The molecule has 6 unspecified atom stereocenters. The lowest BCUT2D eigenvalue weighted by atomic mass is 9.71. The summed E-state index contributed by atoms with van der Waals surface area (Å²) in [5.74, 6) is 0.492. The van der Waals surface area contributed by atoms with Gasteiger partial charge in [-0.1, -0.05) is 60.8 Å². The van der Waals surface area contributed by atoms with E-state index in [1.54, 1.807) is 0 Å². The number of unbranched alkanes of at least 4 members (excludes halogenated alkanes) is 3. The zero-order valence-corrected chi connectivity index (χ0v) is 23.1. The third-order valence-corrected chi connectivity index (χ3v) is 7.44. The van der Waals surface area contributed by atoms with Gasteiger partial charge in [-0.15, -0.1) is 0 Å². The average molecular weight is 487 g/mol. The molecule has 1 aliphatic heterocycles. The van der Waals surface area contributed by atoms with E-state index in [4.69, 9.17) is 23.7 Å².